The van der Waals surface area contributed by atoms with E-state index in [1.54, 1.807) is 19.1 Å². The summed E-state index contributed by atoms with van der Waals surface area (Å²) in [7, 11) is 3.31. The molecule has 2 heterocycles. The maximum atomic E-state index is 12.8. The van der Waals surface area contributed by atoms with Gasteiger partial charge in [-0.15, -0.1) is 0 Å². The normalized spacial score (nSPS) is 14.8. The van der Waals surface area contributed by atoms with Crippen molar-refractivity contribution in [1.82, 2.24) is 14.7 Å². The minimum Gasteiger partial charge on any atom is -0.497 e. The zero-order valence-electron chi connectivity index (χ0n) is 14.1. The maximum Gasteiger partial charge on any atom is 0.274 e. The summed E-state index contributed by atoms with van der Waals surface area (Å²) in [6.07, 6.45) is 3.20. The molecule has 1 N–H and O–H groups in total. The van der Waals surface area contributed by atoms with Gasteiger partial charge in [0.2, 0.25) is 0 Å². The largest absolute Gasteiger partial charge is 0.497 e. The molecular weight excluding hydrogens is 306 g/mol. The molecule has 0 saturated heterocycles. The number of likely N-dealkylation sites (N-methyl/N-ethyl adjacent to an activating group) is 1. The Kier molecular flexibility index (Phi) is 4.85. The van der Waals surface area contributed by atoms with Crippen molar-refractivity contribution in [3.63, 3.8) is 0 Å². The summed E-state index contributed by atoms with van der Waals surface area (Å²) in [5.41, 5.74) is 2.42. The minimum absolute atomic E-state index is 0.151. The molecule has 0 fully saturated rings. The number of hydrogen-bond donors (Lipinski definition) is 1. The van der Waals surface area contributed by atoms with E-state index >= 15 is 0 Å². The van der Waals surface area contributed by atoms with Crippen molar-refractivity contribution in [2.75, 3.05) is 20.8 Å². The second-order valence-corrected chi connectivity index (χ2v) is 6.09. The fourth-order valence-corrected chi connectivity index (χ4v) is 3.12. The third-order valence-electron chi connectivity index (χ3n) is 4.60. The van der Waals surface area contributed by atoms with Gasteiger partial charge in [0.1, 0.15) is 5.75 Å². The molecule has 3 rings (SSSR count). The van der Waals surface area contributed by atoms with E-state index in [9.17, 15) is 9.90 Å². The summed E-state index contributed by atoms with van der Waals surface area (Å²) in [5.74, 6) is 0.568. The van der Waals surface area contributed by atoms with Crippen LogP contribution < -0.4 is 4.74 Å². The summed E-state index contributed by atoms with van der Waals surface area (Å²) < 4.78 is 7.07. The molecule has 24 heavy (non-hydrogen) atoms. The topological polar surface area (TPSA) is 67.6 Å². The molecule has 1 aromatic heterocycles. The lowest BCUT2D eigenvalue weighted by Gasteiger charge is -2.26. The Bertz CT molecular complexity index is 685. The first-order valence-corrected chi connectivity index (χ1v) is 8.22. The molecular formula is C18H23N3O3. The number of nitrogens with zero attached hydrogens (tertiary/aromatic N) is 3. The molecule has 1 atom stereocenters. The first-order valence-electron chi connectivity index (χ1n) is 8.22. The molecule has 128 valence electrons. The van der Waals surface area contributed by atoms with Gasteiger partial charge in [0.15, 0.2) is 5.69 Å². The number of carbonyl (C=O) groups is 1. The quantitative estimate of drug-likeness (QED) is 0.911. The number of aliphatic hydroxyl groups excluding tert-OH is 1. The smallest absolute Gasteiger partial charge is 0.274 e. The first kappa shape index (κ1) is 16.5. The molecule has 6 heteroatoms. The standard InChI is InChI=1S/C18H23N3O3/c1-20(17(12-22)13-6-8-15(24-2)9-7-13)18(23)16-11-14-5-3-4-10-21(14)19-16/h6-9,11,17,22H,3-5,10,12H2,1-2H3. The fourth-order valence-electron chi connectivity index (χ4n) is 3.12. The molecule has 0 saturated carbocycles. The Morgan fingerprint density at radius 1 is 1.38 bits per heavy atom. The van der Waals surface area contributed by atoms with E-state index in [1.165, 1.54) is 0 Å². The lowest BCUT2D eigenvalue weighted by molar-refractivity contribution is 0.0651. The van der Waals surface area contributed by atoms with E-state index in [4.69, 9.17) is 4.74 Å². The lowest BCUT2D eigenvalue weighted by atomic mass is 10.1. The first-order chi connectivity index (χ1) is 11.6. The molecule has 0 radical (unpaired) electrons. The third-order valence-corrected chi connectivity index (χ3v) is 4.60. The molecule has 0 spiro atoms. The van der Waals surface area contributed by atoms with Crippen LogP contribution in [0.3, 0.4) is 0 Å². The van der Waals surface area contributed by atoms with E-state index in [-0.39, 0.29) is 12.5 Å². The van der Waals surface area contributed by atoms with Gasteiger partial charge in [0, 0.05) is 19.3 Å². The van der Waals surface area contributed by atoms with Crippen LogP contribution in [0.25, 0.3) is 0 Å². The van der Waals surface area contributed by atoms with Gasteiger partial charge >= 0.3 is 0 Å². The number of methoxy groups -OCH3 is 1. The lowest BCUT2D eigenvalue weighted by Crippen LogP contribution is -2.33. The molecule has 2 aromatic rings. The molecule has 1 aliphatic heterocycles. The zero-order chi connectivity index (χ0) is 17.1. The van der Waals surface area contributed by atoms with E-state index in [1.807, 2.05) is 35.0 Å². The van der Waals surface area contributed by atoms with Crippen molar-refractivity contribution in [2.24, 2.45) is 0 Å². The van der Waals surface area contributed by atoms with E-state index in [0.717, 1.165) is 42.8 Å². The number of rotatable bonds is 5. The summed E-state index contributed by atoms with van der Waals surface area (Å²) in [6, 6.07) is 8.84. The van der Waals surface area contributed by atoms with Gasteiger partial charge in [-0.05, 0) is 43.0 Å². The Hall–Kier alpha value is -2.34. The van der Waals surface area contributed by atoms with Crippen LogP contribution in [-0.2, 0) is 13.0 Å². The van der Waals surface area contributed by atoms with Crippen molar-refractivity contribution in [3.8, 4) is 5.75 Å². The van der Waals surface area contributed by atoms with Crippen LogP contribution in [0.2, 0.25) is 0 Å². The maximum absolute atomic E-state index is 12.8. The van der Waals surface area contributed by atoms with E-state index in [2.05, 4.69) is 5.10 Å². The minimum atomic E-state index is -0.415. The SMILES string of the molecule is COc1ccc(C(CO)N(C)C(=O)c2cc3n(n2)CCCC3)cc1. The number of aromatic nitrogens is 2. The van der Waals surface area contributed by atoms with Gasteiger partial charge in [-0.3, -0.25) is 9.48 Å². The number of amides is 1. The summed E-state index contributed by atoms with van der Waals surface area (Å²) >= 11 is 0. The van der Waals surface area contributed by atoms with Crippen LogP contribution in [0.1, 0.15) is 40.6 Å². The highest BCUT2D eigenvalue weighted by Crippen LogP contribution is 2.24. The predicted octanol–water partition coefficient (Wildman–Crippen LogP) is 2.03. The number of aliphatic hydroxyl groups is 1. The number of aryl methyl sites for hydroxylation is 2. The summed E-state index contributed by atoms with van der Waals surface area (Å²) in [6.45, 7) is 0.719. The Balaban J connectivity index is 1.80. The van der Waals surface area contributed by atoms with Crippen molar-refractivity contribution >= 4 is 5.91 Å². The highest BCUT2D eigenvalue weighted by molar-refractivity contribution is 5.92. The third kappa shape index (κ3) is 3.14. The number of carbonyl (C=O) groups excluding carboxylic acids is 1. The molecule has 0 bridgehead atoms. The van der Waals surface area contributed by atoms with E-state index in [0.29, 0.717) is 5.69 Å². The average Bonchev–Trinajstić information content (AvgIpc) is 3.06. The van der Waals surface area contributed by atoms with Gasteiger partial charge in [0.05, 0.1) is 19.8 Å². The Morgan fingerprint density at radius 3 is 2.75 bits per heavy atom. The van der Waals surface area contributed by atoms with Crippen LogP contribution in [-0.4, -0.2) is 46.5 Å². The van der Waals surface area contributed by atoms with Crippen molar-refractivity contribution in [2.45, 2.75) is 31.8 Å². The molecule has 1 amide bonds. The number of hydrogen-bond acceptors (Lipinski definition) is 4. The second-order valence-electron chi connectivity index (χ2n) is 6.09. The van der Waals surface area contributed by atoms with Gasteiger partial charge < -0.3 is 14.7 Å². The zero-order valence-corrected chi connectivity index (χ0v) is 14.1. The molecule has 1 unspecified atom stereocenters. The highest BCUT2D eigenvalue weighted by Gasteiger charge is 2.25. The summed E-state index contributed by atoms with van der Waals surface area (Å²) in [4.78, 5) is 14.3. The van der Waals surface area contributed by atoms with Gasteiger partial charge in [0.25, 0.3) is 5.91 Å². The molecule has 6 nitrogen and oxygen atoms in total. The van der Waals surface area contributed by atoms with Gasteiger partial charge in [-0.25, -0.2) is 0 Å². The molecule has 0 aliphatic carbocycles. The van der Waals surface area contributed by atoms with Crippen LogP contribution in [0.5, 0.6) is 5.75 Å². The predicted molar refractivity (Wildman–Crippen MR) is 90.1 cm³/mol. The van der Waals surface area contributed by atoms with Gasteiger partial charge in [-0.2, -0.15) is 5.10 Å². The van der Waals surface area contributed by atoms with Crippen LogP contribution in [0.4, 0.5) is 0 Å². The summed E-state index contributed by atoms with van der Waals surface area (Å²) in [5, 5.41) is 14.2. The number of benzene rings is 1. The van der Waals surface area contributed by atoms with Crippen LogP contribution in [0.15, 0.2) is 30.3 Å². The number of fused-ring (bicyclic) bond motifs is 1. The monoisotopic (exact) mass is 329 g/mol. The Labute approximate surface area is 141 Å². The highest BCUT2D eigenvalue weighted by atomic mass is 16.5. The van der Waals surface area contributed by atoms with Crippen molar-refractivity contribution in [3.05, 3.63) is 47.3 Å². The average molecular weight is 329 g/mol. The van der Waals surface area contributed by atoms with Gasteiger partial charge in [-0.1, -0.05) is 12.1 Å². The van der Waals surface area contributed by atoms with Crippen LogP contribution >= 0.6 is 0 Å². The fraction of sp³-hybridized carbons (Fsp3) is 0.444. The van der Waals surface area contributed by atoms with E-state index < -0.39 is 6.04 Å². The second kappa shape index (κ2) is 7.05. The molecule has 1 aliphatic rings. The molecule has 1 aromatic carbocycles. The number of ether oxygens (including phenoxy) is 1. The van der Waals surface area contributed by atoms with Crippen LogP contribution in [0, 0.1) is 0 Å². The van der Waals surface area contributed by atoms with Crippen molar-refractivity contribution < 1.29 is 14.6 Å². The Morgan fingerprint density at radius 2 is 2.12 bits per heavy atom. The van der Waals surface area contributed by atoms with Crippen molar-refractivity contribution in [1.29, 1.82) is 0 Å².